The van der Waals surface area contributed by atoms with Crippen LogP contribution in [0.25, 0.3) is 0 Å². The largest absolute Gasteiger partial charge is 0.369 e. The number of piperidine rings is 1. The van der Waals surface area contributed by atoms with E-state index in [4.69, 9.17) is 5.73 Å². The van der Waals surface area contributed by atoms with Crippen molar-refractivity contribution in [3.8, 4) is 0 Å². The van der Waals surface area contributed by atoms with Gasteiger partial charge in [0.05, 0.1) is 11.8 Å². The van der Waals surface area contributed by atoms with Gasteiger partial charge in [0.2, 0.25) is 17.8 Å². The maximum Gasteiger partial charge on any atom is 0.227 e. The molecule has 22 heavy (non-hydrogen) atoms. The van der Waals surface area contributed by atoms with Crippen LogP contribution in [-0.4, -0.2) is 52.9 Å². The molecule has 1 aromatic rings. The zero-order valence-electron chi connectivity index (χ0n) is 12.5. The van der Waals surface area contributed by atoms with Gasteiger partial charge in [0.25, 0.3) is 0 Å². The van der Waals surface area contributed by atoms with Crippen LogP contribution in [0.5, 0.6) is 0 Å². The molecule has 3 heterocycles. The maximum absolute atomic E-state index is 12.7. The lowest BCUT2D eigenvalue weighted by Crippen LogP contribution is -2.45. The van der Waals surface area contributed by atoms with Crippen LogP contribution in [0, 0.1) is 11.8 Å². The van der Waals surface area contributed by atoms with Crippen LogP contribution in [-0.2, 0) is 9.59 Å². The van der Waals surface area contributed by atoms with Gasteiger partial charge in [-0.05, 0) is 25.3 Å². The molecule has 3 rings (SSSR count). The summed E-state index contributed by atoms with van der Waals surface area (Å²) in [5.74, 6) is 0.254. The average molecular weight is 303 g/mol. The van der Waals surface area contributed by atoms with Crippen molar-refractivity contribution in [3.05, 3.63) is 18.5 Å². The molecule has 2 atom stereocenters. The first-order valence-corrected chi connectivity index (χ1v) is 7.75. The summed E-state index contributed by atoms with van der Waals surface area (Å²) in [7, 11) is 0. The van der Waals surface area contributed by atoms with Gasteiger partial charge in [-0.2, -0.15) is 0 Å². The number of likely N-dealkylation sites (tertiary alicyclic amines) is 1. The normalized spacial score (nSPS) is 25.3. The number of hydrogen-bond acceptors (Lipinski definition) is 5. The van der Waals surface area contributed by atoms with Crippen LogP contribution in [0.2, 0.25) is 0 Å². The van der Waals surface area contributed by atoms with E-state index < -0.39 is 0 Å². The lowest BCUT2D eigenvalue weighted by atomic mass is 9.97. The summed E-state index contributed by atoms with van der Waals surface area (Å²) in [6, 6.07) is 1.78. The Morgan fingerprint density at radius 1 is 1.09 bits per heavy atom. The molecule has 7 heteroatoms. The van der Waals surface area contributed by atoms with E-state index in [0.717, 1.165) is 19.4 Å². The van der Waals surface area contributed by atoms with Gasteiger partial charge in [-0.25, -0.2) is 9.97 Å². The zero-order valence-corrected chi connectivity index (χ0v) is 12.5. The third-order valence-electron chi connectivity index (χ3n) is 4.51. The molecule has 2 aliphatic rings. The van der Waals surface area contributed by atoms with Crippen LogP contribution in [0.3, 0.4) is 0 Å². The second-order valence-corrected chi connectivity index (χ2v) is 6.01. The SMILES string of the molecule is NC(=O)C1CCN(C(=O)C2CCCN(c3ncccn3)C2)C1. The summed E-state index contributed by atoms with van der Waals surface area (Å²) < 4.78 is 0. The Morgan fingerprint density at radius 2 is 1.86 bits per heavy atom. The fourth-order valence-electron chi connectivity index (χ4n) is 3.27. The van der Waals surface area contributed by atoms with Crippen molar-refractivity contribution in [2.24, 2.45) is 17.6 Å². The summed E-state index contributed by atoms with van der Waals surface area (Å²) in [4.78, 5) is 36.3. The number of nitrogens with two attached hydrogens (primary N) is 1. The van der Waals surface area contributed by atoms with Crippen molar-refractivity contribution in [1.29, 1.82) is 0 Å². The monoisotopic (exact) mass is 303 g/mol. The molecule has 0 saturated carbocycles. The van der Waals surface area contributed by atoms with Gasteiger partial charge in [0.15, 0.2) is 0 Å². The highest BCUT2D eigenvalue weighted by atomic mass is 16.2. The van der Waals surface area contributed by atoms with Crippen molar-refractivity contribution in [2.75, 3.05) is 31.1 Å². The van der Waals surface area contributed by atoms with Crippen LogP contribution >= 0.6 is 0 Å². The first-order chi connectivity index (χ1) is 10.6. The quantitative estimate of drug-likeness (QED) is 0.850. The number of carbonyl (C=O) groups excluding carboxylic acids is 2. The molecule has 7 nitrogen and oxygen atoms in total. The Balaban J connectivity index is 1.62. The maximum atomic E-state index is 12.7. The van der Waals surface area contributed by atoms with E-state index in [1.165, 1.54) is 0 Å². The minimum absolute atomic E-state index is 0.0517. The highest BCUT2D eigenvalue weighted by Gasteiger charge is 2.35. The van der Waals surface area contributed by atoms with Gasteiger partial charge in [-0.15, -0.1) is 0 Å². The van der Waals surface area contributed by atoms with Gasteiger partial charge in [-0.1, -0.05) is 0 Å². The topological polar surface area (TPSA) is 92.4 Å². The van der Waals surface area contributed by atoms with Gasteiger partial charge in [0.1, 0.15) is 0 Å². The van der Waals surface area contributed by atoms with Crippen LogP contribution in [0.4, 0.5) is 5.95 Å². The van der Waals surface area contributed by atoms with Crippen LogP contribution in [0.15, 0.2) is 18.5 Å². The molecule has 1 aromatic heterocycles. The molecule has 0 aromatic carbocycles. The Morgan fingerprint density at radius 3 is 2.55 bits per heavy atom. The van der Waals surface area contributed by atoms with E-state index in [2.05, 4.69) is 14.9 Å². The minimum atomic E-state index is -0.307. The van der Waals surface area contributed by atoms with Crippen molar-refractivity contribution < 1.29 is 9.59 Å². The van der Waals surface area contributed by atoms with Crippen LogP contribution in [0.1, 0.15) is 19.3 Å². The number of anilines is 1. The number of rotatable bonds is 3. The van der Waals surface area contributed by atoms with Crippen molar-refractivity contribution in [1.82, 2.24) is 14.9 Å². The molecule has 0 aliphatic carbocycles. The van der Waals surface area contributed by atoms with Crippen molar-refractivity contribution in [2.45, 2.75) is 19.3 Å². The third kappa shape index (κ3) is 3.03. The Kier molecular flexibility index (Phi) is 4.22. The summed E-state index contributed by atoms with van der Waals surface area (Å²) >= 11 is 0. The first-order valence-electron chi connectivity index (χ1n) is 7.75. The molecule has 2 amide bonds. The van der Waals surface area contributed by atoms with E-state index in [0.29, 0.717) is 32.0 Å². The Bertz CT molecular complexity index is 550. The summed E-state index contributed by atoms with van der Waals surface area (Å²) in [5.41, 5.74) is 5.33. The molecule has 0 spiro atoms. The van der Waals surface area contributed by atoms with E-state index in [1.54, 1.807) is 23.4 Å². The molecule has 118 valence electrons. The summed E-state index contributed by atoms with van der Waals surface area (Å²) in [6.07, 6.45) is 5.93. The van der Waals surface area contributed by atoms with Gasteiger partial charge in [0, 0.05) is 38.6 Å². The molecule has 2 unspecified atom stereocenters. The molecule has 2 saturated heterocycles. The summed E-state index contributed by atoms with van der Waals surface area (Å²) in [6.45, 7) is 2.61. The standard InChI is InChI=1S/C15H21N5O2/c16-13(21)11-4-8-19(9-11)14(22)12-3-1-7-20(10-12)15-17-5-2-6-18-15/h2,5-6,11-12H,1,3-4,7-10H2,(H2,16,21). The fraction of sp³-hybridized carbons (Fsp3) is 0.600. The van der Waals surface area contributed by atoms with E-state index >= 15 is 0 Å². The number of amides is 2. The zero-order chi connectivity index (χ0) is 15.5. The smallest absolute Gasteiger partial charge is 0.227 e. The van der Waals surface area contributed by atoms with Crippen molar-refractivity contribution >= 4 is 17.8 Å². The average Bonchev–Trinajstić information content (AvgIpc) is 3.05. The molecule has 2 fully saturated rings. The number of primary amides is 1. The van der Waals surface area contributed by atoms with Crippen molar-refractivity contribution in [3.63, 3.8) is 0 Å². The second kappa shape index (κ2) is 6.29. The predicted molar refractivity (Wildman–Crippen MR) is 80.9 cm³/mol. The van der Waals surface area contributed by atoms with Gasteiger partial charge >= 0.3 is 0 Å². The van der Waals surface area contributed by atoms with E-state index in [9.17, 15) is 9.59 Å². The number of hydrogen-bond donors (Lipinski definition) is 1. The fourth-order valence-corrected chi connectivity index (χ4v) is 3.27. The van der Waals surface area contributed by atoms with Gasteiger partial charge in [-0.3, -0.25) is 9.59 Å². The third-order valence-corrected chi connectivity index (χ3v) is 4.51. The molecule has 0 bridgehead atoms. The predicted octanol–water partition coefficient (Wildman–Crippen LogP) is 0.0268. The molecule has 2 N–H and O–H groups in total. The molecular formula is C15H21N5O2. The van der Waals surface area contributed by atoms with E-state index in [1.807, 2.05) is 0 Å². The lowest BCUT2D eigenvalue weighted by Gasteiger charge is -2.33. The molecular weight excluding hydrogens is 282 g/mol. The second-order valence-electron chi connectivity index (χ2n) is 6.01. The number of carbonyl (C=O) groups is 2. The van der Waals surface area contributed by atoms with E-state index in [-0.39, 0.29) is 23.7 Å². The number of aromatic nitrogens is 2. The van der Waals surface area contributed by atoms with Gasteiger partial charge < -0.3 is 15.5 Å². The highest BCUT2D eigenvalue weighted by molar-refractivity contribution is 5.82. The summed E-state index contributed by atoms with van der Waals surface area (Å²) in [5, 5.41) is 0. The highest BCUT2D eigenvalue weighted by Crippen LogP contribution is 2.24. The first kappa shape index (κ1) is 14.7. The minimum Gasteiger partial charge on any atom is -0.369 e. The lowest BCUT2D eigenvalue weighted by molar-refractivity contribution is -0.135. The molecule has 2 aliphatic heterocycles. The van der Waals surface area contributed by atoms with Crippen LogP contribution < -0.4 is 10.6 Å². The Hall–Kier alpha value is -2.18. The Labute approximate surface area is 129 Å². The molecule has 0 radical (unpaired) electrons. The number of nitrogens with zero attached hydrogens (tertiary/aromatic N) is 4.